The van der Waals surface area contributed by atoms with Gasteiger partial charge in [-0.15, -0.1) is 0 Å². The first kappa shape index (κ1) is 17.2. The average Bonchev–Trinajstić information content (AvgIpc) is 3.23. The van der Waals surface area contributed by atoms with Crippen molar-refractivity contribution in [2.24, 2.45) is 11.3 Å². The van der Waals surface area contributed by atoms with Crippen molar-refractivity contribution in [3.8, 4) is 0 Å². The van der Waals surface area contributed by atoms with Gasteiger partial charge in [-0.2, -0.15) is 18.3 Å². The van der Waals surface area contributed by atoms with E-state index in [1.54, 1.807) is 0 Å². The minimum atomic E-state index is -4.61. The van der Waals surface area contributed by atoms with Crippen molar-refractivity contribution >= 4 is 11.6 Å². The summed E-state index contributed by atoms with van der Waals surface area (Å²) in [4.78, 5) is 18.3. The summed E-state index contributed by atoms with van der Waals surface area (Å²) in [7, 11) is 0. The van der Waals surface area contributed by atoms with Crippen molar-refractivity contribution in [1.82, 2.24) is 19.5 Å². The topological polar surface area (TPSA) is 80.0 Å². The predicted octanol–water partition coefficient (Wildman–Crippen LogP) is 1.14. The summed E-state index contributed by atoms with van der Waals surface area (Å²) in [5.74, 6) is -0.455. The number of alkyl halides is 3. The molecule has 4 rings (SSSR count). The molecule has 0 radical (unpaired) electrons. The van der Waals surface area contributed by atoms with Crippen LogP contribution in [0.15, 0.2) is 12.1 Å². The Morgan fingerprint density at radius 2 is 2.23 bits per heavy atom. The number of aryl methyl sites for hydroxylation is 1. The van der Waals surface area contributed by atoms with E-state index in [1.807, 2.05) is 0 Å². The Hall–Kier alpha value is -2.20. The normalized spacial score (nSPS) is 25.9. The molecule has 1 amide bonds. The fourth-order valence-electron chi connectivity index (χ4n) is 3.78. The lowest BCUT2D eigenvalue weighted by molar-refractivity contribution is -0.142. The highest BCUT2D eigenvalue weighted by Gasteiger charge is 2.51. The van der Waals surface area contributed by atoms with Crippen LogP contribution in [0.5, 0.6) is 0 Å². The zero-order chi connectivity index (χ0) is 18.7. The third-order valence-electron chi connectivity index (χ3n) is 5.19. The Morgan fingerprint density at radius 3 is 2.88 bits per heavy atom. The highest BCUT2D eigenvalue weighted by atomic mass is 19.4. The maximum absolute atomic E-state index is 13.2. The number of carbonyl (C=O) groups is 1. The Morgan fingerprint density at radius 1 is 1.46 bits per heavy atom. The molecule has 4 heterocycles. The van der Waals surface area contributed by atoms with Crippen molar-refractivity contribution in [3.05, 3.63) is 29.2 Å². The van der Waals surface area contributed by atoms with Gasteiger partial charge in [0, 0.05) is 36.2 Å². The van der Waals surface area contributed by atoms with Crippen molar-refractivity contribution in [3.63, 3.8) is 0 Å². The van der Waals surface area contributed by atoms with Crippen LogP contribution in [-0.2, 0) is 10.9 Å². The Bertz CT molecular complexity index is 881. The highest BCUT2D eigenvalue weighted by molar-refractivity contribution is 5.93. The van der Waals surface area contributed by atoms with Gasteiger partial charge in [-0.1, -0.05) is 0 Å². The van der Waals surface area contributed by atoms with Crippen LogP contribution in [0.2, 0.25) is 0 Å². The molecule has 2 saturated heterocycles. The van der Waals surface area contributed by atoms with Crippen LogP contribution in [0, 0.1) is 18.3 Å². The zero-order valence-electron chi connectivity index (χ0n) is 14.0. The number of aliphatic hydroxyl groups excluding tert-OH is 1. The molecule has 26 heavy (non-hydrogen) atoms. The van der Waals surface area contributed by atoms with E-state index in [2.05, 4.69) is 10.1 Å². The van der Waals surface area contributed by atoms with Gasteiger partial charge in [0.25, 0.3) is 5.91 Å². The number of rotatable bonds is 2. The number of aliphatic hydroxyl groups is 1. The number of likely N-dealkylation sites (tertiary alicyclic amines) is 1. The summed E-state index contributed by atoms with van der Waals surface area (Å²) in [6.07, 6.45) is -4.61. The molecular weight excluding hydrogens is 353 g/mol. The fourth-order valence-corrected chi connectivity index (χ4v) is 3.78. The largest absolute Gasteiger partial charge is 0.433 e. The molecule has 1 N–H and O–H groups in total. The van der Waals surface area contributed by atoms with Crippen molar-refractivity contribution in [2.75, 3.05) is 32.9 Å². The van der Waals surface area contributed by atoms with Crippen LogP contribution in [-0.4, -0.2) is 63.4 Å². The molecule has 0 unspecified atom stereocenters. The third-order valence-corrected chi connectivity index (χ3v) is 5.19. The third kappa shape index (κ3) is 2.55. The Balaban J connectivity index is 1.68. The molecule has 140 valence electrons. The van der Waals surface area contributed by atoms with Crippen molar-refractivity contribution < 1.29 is 27.8 Å². The average molecular weight is 370 g/mol. The van der Waals surface area contributed by atoms with E-state index in [0.29, 0.717) is 30.8 Å². The Kier molecular flexibility index (Phi) is 3.74. The number of hydrogen-bond donors (Lipinski definition) is 1. The van der Waals surface area contributed by atoms with E-state index in [-0.39, 0.29) is 29.6 Å². The number of nitrogens with zero attached hydrogens (tertiary/aromatic N) is 4. The molecule has 2 fully saturated rings. The van der Waals surface area contributed by atoms with Crippen LogP contribution in [0.4, 0.5) is 13.2 Å². The lowest BCUT2D eigenvalue weighted by atomic mass is 9.82. The molecule has 2 atom stereocenters. The molecule has 0 aliphatic carbocycles. The van der Waals surface area contributed by atoms with Crippen molar-refractivity contribution in [2.45, 2.75) is 13.1 Å². The summed E-state index contributed by atoms with van der Waals surface area (Å²) >= 11 is 0. The molecule has 7 nitrogen and oxygen atoms in total. The summed E-state index contributed by atoms with van der Waals surface area (Å²) in [5.41, 5.74) is -1.41. The lowest BCUT2D eigenvalue weighted by Crippen LogP contribution is -2.36. The highest BCUT2D eigenvalue weighted by Crippen LogP contribution is 2.41. The standard InChI is InChI=1S/C16H17F3N4O3/c1-9-2-12(16(17,18)19)23-13(20-9)3-11(21-23)14(25)22-4-10-5-26-8-15(10,6-22)7-24/h2-3,10,24H,4-8H2,1H3/t10-,15-/m0/s1. The number of amides is 1. The zero-order valence-corrected chi connectivity index (χ0v) is 14.0. The number of halogens is 3. The quantitative estimate of drug-likeness (QED) is 0.858. The summed E-state index contributed by atoms with van der Waals surface area (Å²) in [6.45, 7) is 2.84. The number of ether oxygens (including phenoxy) is 1. The molecule has 0 saturated carbocycles. The first-order valence-electron chi connectivity index (χ1n) is 8.16. The number of carbonyl (C=O) groups excluding carboxylic acids is 1. The minimum absolute atomic E-state index is 0.0135. The van der Waals surface area contributed by atoms with Crippen LogP contribution in [0.25, 0.3) is 5.65 Å². The summed E-state index contributed by atoms with van der Waals surface area (Å²) in [5, 5.41) is 13.6. The van der Waals surface area contributed by atoms with Gasteiger partial charge < -0.3 is 14.7 Å². The molecule has 2 aromatic heterocycles. The summed E-state index contributed by atoms with van der Waals surface area (Å²) < 4.78 is 45.8. The van der Waals surface area contributed by atoms with Crippen LogP contribution >= 0.6 is 0 Å². The number of hydrogen-bond acceptors (Lipinski definition) is 5. The second-order valence-electron chi connectivity index (χ2n) is 7.00. The van der Waals surface area contributed by atoms with Crippen LogP contribution in [0.3, 0.4) is 0 Å². The predicted molar refractivity (Wildman–Crippen MR) is 82.5 cm³/mol. The summed E-state index contributed by atoms with van der Waals surface area (Å²) in [6, 6.07) is 2.16. The SMILES string of the molecule is Cc1cc(C(F)(F)F)n2nc(C(=O)N3C[C@H]4COC[C@@]4(CO)C3)cc2n1. The smallest absolute Gasteiger partial charge is 0.396 e. The van der Waals surface area contributed by atoms with Gasteiger partial charge in [0.05, 0.1) is 19.8 Å². The van der Waals surface area contributed by atoms with E-state index in [4.69, 9.17) is 4.74 Å². The van der Waals surface area contributed by atoms with E-state index in [9.17, 15) is 23.1 Å². The molecule has 10 heteroatoms. The van der Waals surface area contributed by atoms with Crippen LogP contribution in [0.1, 0.15) is 21.9 Å². The number of aromatic nitrogens is 3. The monoisotopic (exact) mass is 370 g/mol. The van der Waals surface area contributed by atoms with Gasteiger partial charge in [-0.3, -0.25) is 4.79 Å². The Labute approximate surface area is 146 Å². The molecule has 0 bridgehead atoms. The van der Waals surface area contributed by atoms with E-state index in [1.165, 1.54) is 17.9 Å². The first-order chi connectivity index (χ1) is 12.2. The van der Waals surface area contributed by atoms with E-state index < -0.39 is 23.2 Å². The molecular formula is C16H17F3N4O3. The van der Waals surface area contributed by atoms with Crippen molar-refractivity contribution in [1.29, 1.82) is 0 Å². The van der Waals surface area contributed by atoms with Gasteiger partial charge >= 0.3 is 6.18 Å². The first-order valence-corrected chi connectivity index (χ1v) is 8.16. The maximum atomic E-state index is 13.2. The van der Waals surface area contributed by atoms with Gasteiger partial charge in [-0.05, 0) is 13.0 Å². The number of fused-ring (bicyclic) bond motifs is 2. The molecule has 0 spiro atoms. The van der Waals surface area contributed by atoms with E-state index in [0.717, 1.165) is 6.07 Å². The molecule has 0 aromatic carbocycles. The molecule has 2 aromatic rings. The van der Waals surface area contributed by atoms with E-state index >= 15 is 0 Å². The minimum Gasteiger partial charge on any atom is -0.396 e. The van der Waals surface area contributed by atoms with Gasteiger partial charge in [0.1, 0.15) is 5.69 Å². The van der Waals surface area contributed by atoms with Gasteiger partial charge in [-0.25, -0.2) is 9.50 Å². The van der Waals surface area contributed by atoms with Gasteiger partial charge in [0.2, 0.25) is 0 Å². The van der Waals surface area contributed by atoms with Gasteiger partial charge in [0.15, 0.2) is 11.3 Å². The second kappa shape index (κ2) is 5.65. The molecule has 2 aliphatic rings. The molecule has 2 aliphatic heterocycles. The lowest BCUT2D eigenvalue weighted by Gasteiger charge is -2.23. The second-order valence-corrected chi connectivity index (χ2v) is 7.00. The fraction of sp³-hybridized carbons (Fsp3) is 0.562. The van der Waals surface area contributed by atoms with Crippen LogP contribution < -0.4 is 0 Å². The maximum Gasteiger partial charge on any atom is 0.433 e.